The Morgan fingerprint density at radius 1 is 1.47 bits per heavy atom. The zero-order valence-electron chi connectivity index (χ0n) is 9.86. The van der Waals surface area contributed by atoms with E-state index in [4.69, 9.17) is 11.5 Å². The maximum Gasteiger partial charge on any atom is 0.340 e. The highest BCUT2D eigenvalue weighted by molar-refractivity contribution is 7.99. The van der Waals surface area contributed by atoms with Gasteiger partial charge in [-0.15, -0.1) is 24.1 Å². The summed E-state index contributed by atoms with van der Waals surface area (Å²) in [6, 6.07) is 0. The number of carboxylic acids is 1. The van der Waals surface area contributed by atoms with E-state index in [0.717, 1.165) is 12.2 Å². The zero-order valence-corrected chi connectivity index (χ0v) is 10.7. The number of aromatic nitrogens is 2. The Bertz CT molecular complexity index is 466. The van der Waals surface area contributed by atoms with Gasteiger partial charge in [0.2, 0.25) is 0 Å². The van der Waals surface area contributed by atoms with Gasteiger partial charge >= 0.3 is 5.97 Å². The van der Waals surface area contributed by atoms with E-state index in [2.05, 4.69) is 15.9 Å². The molecule has 0 atom stereocenters. The molecule has 17 heavy (non-hydrogen) atoms. The van der Waals surface area contributed by atoms with Gasteiger partial charge in [-0.1, -0.05) is 0 Å². The fraction of sp³-hybridized carbons (Fsp3) is 0.417. The number of thioether (sulfide) groups is 1. The van der Waals surface area contributed by atoms with Crippen LogP contribution in [0.5, 0.6) is 0 Å². The SMILES string of the molecule is C#CCCCSc1nc(C)nc(C)c1C(=O)O. The van der Waals surface area contributed by atoms with Crippen molar-refractivity contribution < 1.29 is 9.90 Å². The molecule has 1 heterocycles. The molecule has 0 saturated heterocycles. The summed E-state index contributed by atoms with van der Waals surface area (Å²) in [5, 5.41) is 9.64. The van der Waals surface area contributed by atoms with Crippen LogP contribution in [0.3, 0.4) is 0 Å². The predicted molar refractivity (Wildman–Crippen MR) is 67.3 cm³/mol. The molecule has 0 amide bonds. The van der Waals surface area contributed by atoms with E-state index in [1.807, 2.05) is 0 Å². The summed E-state index contributed by atoms with van der Waals surface area (Å²) in [4.78, 5) is 19.4. The van der Waals surface area contributed by atoms with Crippen molar-refractivity contribution in [2.75, 3.05) is 5.75 Å². The van der Waals surface area contributed by atoms with Crippen LogP contribution in [0.4, 0.5) is 0 Å². The van der Waals surface area contributed by atoms with Gasteiger partial charge in [0.25, 0.3) is 0 Å². The minimum absolute atomic E-state index is 0.196. The highest BCUT2D eigenvalue weighted by Crippen LogP contribution is 2.23. The van der Waals surface area contributed by atoms with Crippen LogP contribution in [0.15, 0.2) is 5.03 Å². The molecule has 0 radical (unpaired) electrons. The number of nitrogens with zero attached hydrogens (tertiary/aromatic N) is 2. The minimum Gasteiger partial charge on any atom is -0.478 e. The average Bonchev–Trinajstić information content (AvgIpc) is 2.22. The van der Waals surface area contributed by atoms with E-state index in [1.165, 1.54) is 11.8 Å². The lowest BCUT2D eigenvalue weighted by molar-refractivity contribution is 0.0690. The molecule has 0 aliphatic rings. The molecule has 1 aromatic heterocycles. The largest absolute Gasteiger partial charge is 0.478 e. The summed E-state index contributed by atoms with van der Waals surface area (Å²) >= 11 is 1.42. The topological polar surface area (TPSA) is 63.1 Å². The van der Waals surface area contributed by atoms with Crippen molar-refractivity contribution in [3.05, 3.63) is 17.1 Å². The fourth-order valence-electron chi connectivity index (χ4n) is 1.37. The molecule has 0 bridgehead atoms. The molecule has 0 unspecified atom stereocenters. The monoisotopic (exact) mass is 250 g/mol. The number of unbranched alkanes of at least 4 members (excludes halogenated alkanes) is 1. The number of rotatable bonds is 5. The number of terminal acetylenes is 1. The van der Waals surface area contributed by atoms with Gasteiger partial charge in [0.05, 0.1) is 5.69 Å². The molecule has 1 aromatic rings. The van der Waals surface area contributed by atoms with Crippen molar-refractivity contribution in [3.63, 3.8) is 0 Å². The number of hydrogen-bond acceptors (Lipinski definition) is 4. The molecule has 0 fully saturated rings. The number of hydrogen-bond donors (Lipinski definition) is 1. The standard InChI is InChI=1S/C12H14N2O2S/c1-4-5-6-7-17-11-10(12(15)16)8(2)13-9(3)14-11/h1H,5-7H2,2-3H3,(H,15,16). The van der Waals surface area contributed by atoms with Gasteiger partial charge in [0.1, 0.15) is 16.4 Å². The molecule has 0 aromatic carbocycles. The average molecular weight is 250 g/mol. The zero-order chi connectivity index (χ0) is 12.8. The molecule has 0 aliphatic carbocycles. The fourth-order valence-corrected chi connectivity index (χ4v) is 2.43. The number of carboxylic acid groups (broad SMARTS) is 1. The van der Waals surface area contributed by atoms with Gasteiger partial charge in [-0.05, 0) is 20.3 Å². The Morgan fingerprint density at radius 3 is 2.76 bits per heavy atom. The first kappa shape index (κ1) is 13.5. The third-order valence-electron chi connectivity index (χ3n) is 2.09. The normalized spacial score (nSPS) is 9.94. The first-order valence-corrected chi connectivity index (χ1v) is 6.19. The van der Waals surface area contributed by atoms with Gasteiger partial charge in [-0.2, -0.15) is 0 Å². The molecular formula is C12H14N2O2S. The van der Waals surface area contributed by atoms with Crippen molar-refractivity contribution in [1.82, 2.24) is 9.97 Å². The van der Waals surface area contributed by atoms with Gasteiger partial charge < -0.3 is 5.11 Å². The smallest absolute Gasteiger partial charge is 0.340 e. The number of carbonyl (C=O) groups is 1. The second-order valence-electron chi connectivity index (χ2n) is 3.50. The van der Waals surface area contributed by atoms with Crippen molar-refractivity contribution >= 4 is 17.7 Å². The number of aryl methyl sites for hydroxylation is 2. The van der Waals surface area contributed by atoms with E-state index in [9.17, 15) is 4.79 Å². The van der Waals surface area contributed by atoms with Gasteiger partial charge in [-0.25, -0.2) is 14.8 Å². The lowest BCUT2D eigenvalue weighted by Crippen LogP contribution is -2.08. The Balaban J connectivity index is 2.89. The van der Waals surface area contributed by atoms with E-state index in [0.29, 0.717) is 23.0 Å². The third kappa shape index (κ3) is 3.75. The summed E-state index contributed by atoms with van der Waals surface area (Å²) < 4.78 is 0. The molecule has 0 saturated carbocycles. The summed E-state index contributed by atoms with van der Waals surface area (Å²) in [6.45, 7) is 3.44. The Morgan fingerprint density at radius 2 is 2.18 bits per heavy atom. The van der Waals surface area contributed by atoms with E-state index < -0.39 is 5.97 Å². The third-order valence-corrected chi connectivity index (χ3v) is 3.15. The van der Waals surface area contributed by atoms with Crippen LogP contribution in [0, 0.1) is 26.2 Å². The molecule has 5 heteroatoms. The summed E-state index contributed by atoms with van der Waals surface area (Å²) in [5.41, 5.74) is 0.700. The van der Waals surface area contributed by atoms with Crippen LogP contribution in [-0.4, -0.2) is 26.8 Å². The van der Waals surface area contributed by atoms with E-state index in [-0.39, 0.29) is 5.56 Å². The lowest BCUT2D eigenvalue weighted by Gasteiger charge is -2.07. The molecule has 1 N–H and O–H groups in total. The van der Waals surface area contributed by atoms with Crippen LogP contribution in [0.1, 0.15) is 34.7 Å². The number of aromatic carboxylic acids is 1. The van der Waals surface area contributed by atoms with Crippen LogP contribution in [0.2, 0.25) is 0 Å². The summed E-state index contributed by atoms with van der Waals surface area (Å²) in [7, 11) is 0. The Kier molecular flexibility index (Phi) is 4.98. The molecule has 90 valence electrons. The second-order valence-corrected chi connectivity index (χ2v) is 4.58. The second kappa shape index (κ2) is 6.26. The molecule has 0 spiro atoms. The molecular weight excluding hydrogens is 236 g/mol. The minimum atomic E-state index is -0.984. The lowest BCUT2D eigenvalue weighted by atomic mass is 10.2. The van der Waals surface area contributed by atoms with Crippen molar-refractivity contribution in [3.8, 4) is 12.3 Å². The van der Waals surface area contributed by atoms with Gasteiger partial charge in [0, 0.05) is 12.2 Å². The molecule has 1 rings (SSSR count). The predicted octanol–water partition coefficient (Wildman–Crippen LogP) is 2.30. The van der Waals surface area contributed by atoms with Crippen LogP contribution >= 0.6 is 11.8 Å². The molecule has 4 nitrogen and oxygen atoms in total. The van der Waals surface area contributed by atoms with E-state index >= 15 is 0 Å². The Hall–Kier alpha value is -1.54. The van der Waals surface area contributed by atoms with Gasteiger partial charge in [0.15, 0.2) is 0 Å². The van der Waals surface area contributed by atoms with Crippen molar-refractivity contribution in [2.24, 2.45) is 0 Å². The maximum atomic E-state index is 11.1. The highest BCUT2D eigenvalue weighted by Gasteiger charge is 2.16. The first-order valence-electron chi connectivity index (χ1n) is 5.21. The quantitative estimate of drug-likeness (QED) is 0.376. The summed E-state index contributed by atoms with van der Waals surface area (Å²) in [6.07, 6.45) is 6.70. The van der Waals surface area contributed by atoms with E-state index in [1.54, 1.807) is 13.8 Å². The Labute approximate surface area is 105 Å². The van der Waals surface area contributed by atoms with Crippen LogP contribution < -0.4 is 0 Å². The summed E-state index contributed by atoms with van der Waals surface area (Å²) in [5.74, 6) is 2.92. The van der Waals surface area contributed by atoms with Crippen molar-refractivity contribution in [1.29, 1.82) is 0 Å². The van der Waals surface area contributed by atoms with Crippen LogP contribution in [0.25, 0.3) is 0 Å². The maximum absolute atomic E-state index is 11.1. The molecule has 0 aliphatic heterocycles. The van der Waals surface area contributed by atoms with Crippen LogP contribution in [-0.2, 0) is 0 Å². The van der Waals surface area contributed by atoms with Gasteiger partial charge in [-0.3, -0.25) is 0 Å². The first-order chi connectivity index (χ1) is 8.06. The highest BCUT2D eigenvalue weighted by atomic mass is 32.2. The van der Waals surface area contributed by atoms with Crippen molar-refractivity contribution in [2.45, 2.75) is 31.7 Å².